The van der Waals surface area contributed by atoms with E-state index in [9.17, 15) is 9.18 Å². The van der Waals surface area contributed by atoms with Crippen molar-refractivity contribution in [3.8, 4) is 5.75 Å². The maximum Gasteiger partial charge on any atom is 0.255 e. The summed E-state index contributed by atoms with van der Waals surface area (Å²) in [6.45, 7) is 0.500. The number of carbonyl (C=O) groups excluding carboxylic acids is 1. The van der Waals surface area contributed by atoms with Crippen LogP contribution in [0.3, 0.4) is 0 Å². The number of H-pyrrole nitrogens is 1. The summed E-state index contributed by atoms with van der Waals surface area (Å²) in [6, 6.07) is 13.3. The lowest BCUT2D eigenvalue weighted by Gasteiger charge is -2.34. The van der Waals surface area contributed by atoms with E-state index in [1.165, 1.54) is 12.1 Å². The number of hydrogen-bond acceptors (Lipinski definition) is 4. The molecule has 1 amide bonds. The Morgan fingerprint density at radius 3 is 2.90 bits per heavy atom. The fourth-order valence-corrected chi connectivity index (χ4v) is 5.65. The van der Waals surface area contributed by atoms with Crippen LogP contribution >= 0.6 is 27.3 Å². The molecule has 152 valence electrons. The van der Waals surface area contributed by atoms with Crippen LogP contribution in [0.5, 0.6) is 5.75 Å². The zero-order valence-electron chi connectivity index (χ0n) is 16.0. The first-order valence-electron chi connectivity index (χ1n) is 9.42. The summed E-state index contributed by atoms with van der Waals surface area (Å²) in [7, 11) is 1.54. The molecule has 0 aliphatic carbocycles. The number of hydrogen-bond donors (Lipinski definition) is 1. The molecule has 30 heavy (non-hydrogen) atoms. The lowest BCUT2D eigenvalue weighted by atomic mass is 9.99. The van der Waals surface area contributed by atoms with Gasteiger partial charge in [0.2, 0.25) is 0 Å². The molecule has 0 spiro atoms. The molecule has 0 radical (unpaired) electrons. The number of rotatable bonds is 4. The van der Waals surface area contributed by atoms with Crippen molar-refractivity contribution in [3.05, 3.63) is 80.0 Å². The molecule has 1 unspecified atom stereocenters. The van der Waals surface area contributed by atoms with E-state index in [0.29, 0.717) is 29.2 Å². The van der Waals surface area contributed by atoms with Crippen molar-refractivity contribution in [2.24, 2.45) is 0 Å². The number of halogens is 2. The molecule has 5 rings (SSSR count). The highest BCUT2D eigenvalue weighted by atomic mass is 79.9. The number of benzene rings is 2. The Morgan fingerprint density at radius 1 is 1.27 bits per heavy atom. The Hall–Kier alpha value is -2.71. The molecule has 2 aromatic heterocycles. The van der Waals surface area contributed by atoms with Gasteiger partial charge in [0.25, 0.3) is 5.91 Å². The molecule has 4 aromatic rings. The Labute approximate surface area is 184 Å². The van der Waals surface area contributed by atoms with Crippen molar-refractivity contribution in [1.82, 2.24) is 14.9 Å². The predicted molar refractivity (Wildman–Crippen MR) is 118 cm³/mol. The molecule has 1 atom stereocenters. The SMILES string of the molecule is COc1ccc(F)cc1C(c1nc2ccccc2[nH]1)N1CCc2sc(Br)cc2C1=O. The maximum atomic E-state index is 14.3. The summed E-state index contributed by atoms with van der Waals surface area (Å²) < 4.78 is 20.7. The first-order valence-corrected chi connectivity index (χ1v) is 11.0. The zero-order valence-corrected chi connectivity index (χ0v) is 18.4. The van der Waals surface area contributed by atoms with Gasteiger partial charge in [0.15, 0.2) is 0 Å². The number of amides is 1. The van der Waals surface area contributed by atoms with E-state index >= 15 is 0 Å². The molecule has 0 saturated heterocycles. The van der Waals surface area contributed by atoms with Crippen LogP contribution in [0.25, 0.3) is 11.0 Å². The summed E-state index contributed by atoms with van der Waals surface area (Å²) in [5.74, 6) is 0.587. The first kappa shape index (κ1) is 19.3. The van der Waals surface area contributed by atoms with Crippen molar-refractivity contribution < 1.29 is 13.9 Å². The smallest absolute Gasteiger partial charge is 0.255 e. The Kier molecular flexibility index (Phi) is 4.83. The maximum absolute atomic E-state index is 14.3. The minimum atomic E-state index is -0.609. The highest BCUT2D eigenvalue weighted by molar-refractivity contribution is 9.11. The Bertz CT molecular complexity index is 1240. The van der Waals surface area contributed by atoms with Crippen molar-refractivity contribution >= 4 is 44.2 Å². The number of para-hydroxylation sites is 2. The molecule has 3 heterocycles. The molecule has 0 saturated carbocycles. The molecular weight excluding hydrogens is 469 g/mol. The Balaban J connectivity index is 1.69. The van der Waals surface area contributed by atoms with Crippen LogP contribution in [0.4, 0.5) is 4.39 Å². The molecule has 0 bridgehead atoms. The highest BCUT2D eigenvalue weighted by Gasteiger charge is 2.36. The van der Waals surface area contributed by atoms with Gasteiger partial charge in [0.05, 0.1) is 27.5 Å². The molecule has 5 nitrogen and oxygen atoms in total. The average molecular weight is 486 g/mol. The third-order valence-electron chi connectivity index (χ3n) is 5.31. The van der Waals surface area contributed by atoms with E-state index in [1.54, 1.807) is 29.4 Å². The first-order chi connectivity index (χ1) is 14.5. The number of fused-ring (bicyclic) bond motifs is 2. The molecule has 1 N–H and O–H groups in total. The van der Waals surface area contributed by atoms with Crippen molar-refractivity contribution in [1.29, 1.82) is 0 Å². The summed E-state index contributed by atoms with van der Waals surface area (Å²) in [5, 5.41) is 0. The molecule has 2 aromatic carbocycles. The molecule has 1 aliphatic heterocycles. The van der Waals surface area contributed by atoms with Gasteiger partial charge in [-0.1, -0.05) is 12.1 Å². The van der Waals surface area contributed by atoms with Gasteiger partial charge >= 0.3 is 0 Å². The van der Waals surface area contributed by atoms with E-state index in [-0.39, 0.29) is 5.91 Å². The van der Waals surface area contributed by atoms with Gasteiger partial charge in [0, 0.05) is 23.4 Å². The number of ether oxygens (including phenoxy) is 1. The van der Waals surface area contributed by atoms with E-state index in [4.69, 9.17) is 9.72 Å². The van der Waals surface area contributed by atoms with Crippen LogP contribution in [0.1, 0.15) is 32.7 Å². The second-order valence-electron chi connectivity index (χ2n) is 7.06. The van der Waals surface area contributed by atoms with E-state index in [2.05, 4.69) is 20.9 Å². The average Bonchev–Trinajstić information content (AvgIpc) is 3.33. The number of nitrogens with one attached hydrogen (secondary N) is 1. The van der Waals surface area contributed by atoms with Crippen LogP contribution in [-0.4, -0.2) is 34.4 Å². The summed E-state index contributed by atoms with van der Waals surface area (Å²) in [6.07, 6.45) is 0.728. The zero-order chi connectivity index (χ0) is 20.8. The standard InChI is InChI=1S/C22H17BrFN3O2S/c1-29-17-7-6-12(24)10-13(17)20(21-25-15-4-2-3-5-16(15)26-21)27-9-8-18-14(22(27)28)11-19(23)30-18/h2-7,10-11,20H,8-9H2,1H3,(H,25,26). The molecule has 8 heteroatoms. The van der Waals surface area contributed by atoms with Crippen molar-refractivity contribution in [3.63, 3.8) is 0 Å². The van der Waals surface area contributed by atoms with Crippen molar-refractivity contribution in [2.75, 3.05) is 13.7 Å². The van der Waals surface area contributed by atoms with Gasteiger partial charge < -0.3 is 14.6 Å². The second-order valence-corrected chi connectivity index (χ2v) is 9.58. The van der Waals surface area contributed by atoms with E-state index in [1.807, 2.05) is 30.3 Å². The summed E-state index contributed by atoms with van der Waals surface area (Å²) in [4.78, 5) is 24.3. The van der Waals surface area contributed by atoms with Crippen LogP contribution in [0, 0.1) is 5.82 Å². The van der Waals surface area contributed by atoms with Gasteiger partial charge in [0.1, 0.15) is 23.4 Å². The quantitative estimate of drug-likeness (QED) is 0.425. The number of aromatic amines is 1. The summed E-state index contributed by atoms with van der Waals surface area (Å²) >= 11 is 5.06. The van der Waals surface area contributed by atoms with E-state index in [0.717, 1.165) is 26.1 Å². The minimum absolute atomic E-state index is 0.102. The van der Waals surface area contributed by atoms with Gasteiger partial charge in [-0.2, -0.15) is 0 Å². The lowest BCUT2D eigenvalue weighted by Crippen LogP contribution is -2.40. The lowest BCUT2D eigenvalue weighted by molar-refractivity contribution is 0.0683. The van der Waals surface area contributed by atoms with Gasteiger partial charge in [-0.25, -0.2) is 9.37 Å². The monoisotopic (exact) mass is 485 g/mol. The third-order valence-corrected chi connectivity index (χ3v) is 7.01. The number of carbonyl (C=O) groups is 1. The Morgan fingerprint density at radius 2 is 2.10 bits per heavy atom. The molecule has 0 fully saturated rings. The van der Waals surface area contributed by atoms with Crippen LogP contribution in [-0.2, 0) is 6.42 Å². The van der Waals surface area contributed by atoms with Crippen molar-refractivity contribution in [2.45, 2.75) is 12.5 Å². The third kappa shape index (κ3) is 3.20. The minimum Gasteiger partial charge on any atom is -0.496 e. The fourth-order valence-electron chi connectivity index (χ4n) is 3.97. The van der Waals surface area contributed by atoms with Gasteiger partial charge in [-0.3, -0.25) is 4.79 Å². The van der Waals surface area contributed by atoms with Crippen LogP contribution in [0.15, 0.2) is 52.3 Å². The fraction of sp³-hybridized carbons (Fsp3) is 0.182. The number of methoxy groups -OCH3 is 1. The number of thiophene rings is 1. The molecular formula is C22H17BrFN3O2S. The normalized spacial score (nSPS) is 14.8. The van der Waals surface area contributed by atoms with E-state index < -0.39 is 11.9 Å². The highest BCUT2D eigenvalue weighted by Crippen LogP contribution is 2.39. The number of nitrogens with zero attached hydrogens (tertiary/aromatic N) is 2. The van der Waals surface area contributed by atoms with Gasteiger partial charge in [-0.05, 0) is 52.3 Å². The predicted octanol–water partition coefficient (Wildman–Crippen LogP) is 5.32. The van der Waals surface area contributed by atoms with Crippen LogP contribution in [0.2, 0.25) is 0 Å². The summed E-state index contributed by atoms with van der Waals surface area (Å²) in [5.41, 5.74) is 2.88. The number of aromatic nitrogens is 2. The van der Waals surface area contributed by atoms with Crippen LogP contribution < -0.4 is 4.74 Å². The van der Waals surface area contributed by atoms with Gasteiger partial charge in [-0.15, -0.1) is 11.3 Å². The molecule has 1 aliphatic rings. The second kappa shape index (κ2) is 7.52. The number of imidazole rings is 1. The topological polar surface area (TPSA) is 58.2 Å². The largest absolute Gasteiger partial charge is 0.496 e.